The third-order valence-electron chi connectivity index (χ3n) is 7.93. The van der Waals surface area contributed by atoms with Gasteiger partial charge in [-0.2, -0.15) is 0 Å². The van der Waals surface area contributed by atoms with E-state index in [0.717, 1.165) is 38.8 Å². The normalized spacial score (nSPS) is 21.0. The van der Waals surface area contributed by atoms with Gasteiger partial charge in [0.1, 0.15) is 5.54 Å². The summed E-state index contributed by atoms with van der Waals surface area (Å²) < 4.78 is 0. The van der Waals surface area contributed by atoms with Gasteiger partial charge in [-0.05, 0) is 86.1 Å². The van der Waals surface area contributed by atoms with Gasteiger partial charge in [0, 0.05) is 6.04 Å². The molecule has 1 saturated heterocycles. The number of carbonyl (C=O) groups is 1. The highest BCUT2D eigenvalue weighted by molar-refractivity contribution is 6.40. The summed E-state index contributed by atoms with van der Waals surface area (Å²) in [6, 6.07) is 17.8. The molecule has 6 nitrogen and oxygen atoms in total. The van der Waals surface area contributed by atoms with Gasteiger partial charge in [-0.15, -0.1) is 0 Å². The van der Waals surface area contributed by atoms with E-state index in [2.05, 4.69) is 47.4 Å². The molecule has 1 fully saturated rings. The molecule has 182 valence electrons. The Hall–Kier alpha value is -2.19. The first-order chi connectivity index (χ1) is 16.4. The van der Waals surface area contributed by atoms with Gasteiger partial charge in [0.05, 0.1) is 0 Å². The third-order valence-corrected chi connectivity index (χ3v) is 7.93. The number of unbranched alkanes of at least 4 members (excludes halogenated alkanes) is 1. The van der Waals surface area contributed by atoms with E-state index in [4.69, 9.17) is 15.8 Å². The van der Waals surface area contributed by atoms with Gasteiger partial charge in [-0.3, -0.25) is 9.69 Å². The van der Waals surface area contributed by atoms with Crippen molar-refractivity contribution < 1.29 is 19.9 Å². The molecule has 34 heavy (non-hydrogen) atoms. The van der Waals surface area contributed by atoms with Gasteiger partial charge in [0.15, 0.2) is 0 Å². The molecular weight excluding hydrogens is 427 g/mol. The zero-order valence-corrected chi connectivity index (χ0v) is 19.9. The predicted molar refractivity (Wildman–Crippen MR) is 135 cm³/mol. The van der Waals surface area contributed by atoms with Gasteiger partial charge >= 0.3 is 13.1 Å². The summed E-state index contributed by atoms with van der Waals surface area (Å²) in [4.78, 5) is 14.6. The molecule has 0 radical (unpaired) electrons. The van der Waals surface area contributed by atoms with Crippen LogP contribution in [0.5, 0.6) is 0 Å². The molecule has 0 bridgehead atoms. The Balaban J connectivity index is 1.41. The van der Waals surface area contributed by atoms with Crippen molar-refractivity contribution in [2.45, 2.75) is 69.3 Å². The maximum Gasteiger partial charge on any atom is 0.451 e. The smallest absolute Gasteiger partial charge is 0.451 e. The summed E-state index contributed by atoms with van der Waals surface area (Å²) in [5, 5.41) is 28.0. The average Bonchev–Trinajstić information content (AvgIpc) is 2.86. The lowest BCUT2D eigenvalue weighted by Crippen LogP contribution is -2.57. The van der Waals surface area contributed by atoms with Crippen molar-refractivity contribution in [3.63, 3.8) is 0 Å². The summed E-state index contributed by atoms with van der Waals surface area (Å²) in [6.45, 7) is 1.72. The highest BCUT2D eigenvalue weighted by Gasteiger charge is 2.43. The number of rotatable bonds is 9. The van der Waals surface area contributed by atoms with Crippen LogP contribution in [-0.4, -0.2) is 51.8 Å². The number of benzene rings is 2. The monoisotopic (exact) mass is 464 g/mol. The number of fused-ring (bicyclic) bond motifs is 1. The Bertz CT molecular complexity index is 962. The molecule has 0 amide bonds. The van der Waals surface area contributed by atoms with Crippen molar-refractivity contribution in [2.24, 2.45) is 11.7 Å². The largest absolute Gasteiger partial charge is 0.480 e. The fraction of sp³-hybridized carbons (Fsp3) is 0.519. The SMILES string of the molecule is N[C@@](CCCCB(O)O)(C(=O)O)C1CCN(C2CCCc3cc(-c4ccccc4)ccc32)CC1. The molecule has 2 aromatic carbocycles. The van der Waals surface area contributed by atoms with E-state index in [-0.39, 0.29) is 12.2 Å². The van der Waals surface area contributed by atoms with Crippen molar-refractivity contribution in [1.29, 1.82) is 0 Å². The Labute approximate surface area is 202 Å². The van der Waals surface area contributed by atoms with E-state index >= 15 is 0 Å². The average molecular weight is 464 g/mol. The van der Waals surface area contributed by atoms with E-state index in [1.54, 1.807) is 0 Å². The third kappa shape index (κ3) is 5.55. The van der Waals surface area contributed by atoms with Crippen molar-refractivity contribution in [2.75, 3.05) is 13.1 Å². The van der Waals surface area contributed by atoms with Crippen LogP contribution in [0.25, 0.3) is 11.1 Å². The minimum absolute atomic E-state index is 0.0659. The standard InChI is InChI=1S/C27H37BN2O4/c29-27(26(31)32,15-4-5-16-28(33)34)23-13-17-30(18-14-23)25-10-6-9-22-19-21(11-12-24(22)25)20-7-2-1-3-8-20/h1-3,7-8,11-12,19,23,25,33-34H,4-6,9-10,13-18,29H2,(H,31,32)/t25?,27-/m1/s1. The zero-order chi connectivity index (χ0) is 24.1. The Morgan fingerprint density at radius 3 is 2.44 bits per heavy atom. The molecule has 2 atom stereocenters. The molecule has 0 spiro atoms. The van der Waals surface area contributed by atoms with E-state index < -0.39 is 18.6 Å². The van der Waals surface area contributed by atoms with Gasteiger partial charge in [0.2, 0.25) is 0 Å². The fourth-order valence-corrected chi connectivity index (χ4v) is 5.93. The lowest BCUT2D eigenvalue weighted by Gasteiger charge is -2.44. The molecule has 2 aromatic rings. The maximum absolute atomic E-state index is 12.1. The quantitative estimate of drug-likeness (QED) is 0.332. The number of carboxylic acids is 1. The second kappa shape index (κ2) is 11.0. The van der Waals surface area contributed by atoms with Crippen LogP contribution in [0.15, 0.2) is 48.5 Å². The highest BCUT2D eigenvalue weighted by Crippen LogP contribution is 2.40. The van der Waals surface area contributed by atoms with Crippen LogP contribution in [0.1, 0.15) is 62.1 Å². The minimum Gasteiger partial charge on any atom is -0.480 e. The molecule has 5 N–H and O–H groups in total. The van der Waals surface area contributed by atoms with Gasteiger partial charge in [-0.1, -0.05) is 61.4 Å². The molecule has 2 aliphatic rings. The first-order valence-electron chi connectivity index (χ1n) is 12.7. The first-order valence-corrected chi connectivity index (χ1v) is 12.7. The van der Waals surface area contributed by atoms with Gasteiger partial charge in [0.25, 0.3) is 0 Å². The molecule has 0 aromatic heterocycles. The number of hydrogen-bond acceptors (Lipinski definition) is 5. The van der Waals surface area contributed by atoms with E-state index in [1.807, 2.05) is 6.07 Å². The van der Waals surface area contributed by atoms with Crippen LogP contribution < -0.4 is 5.73 Å². The number of carboxylic acid groups (broad SMARTS) is 1. The first kappa shape index (κ1) is 24.9. The van der Waals surface area contributed by atoms with Crippen molar-refractivity contribution in [1.82, 2.24) is 4.90 Å². The van der Waals surface area contributed by atoms with E-state index in [1.165, 1.54) is 28.7 Å². The van der Waals surface area contributed by atoms with Crippen LogP contribution in [0.4, 0.5) is 0 Å². The summed E-state index contributed by atoms with van der Waals surface area (Å²) in [6.07, 6.45) is 6.73. The Kier molecular flexibility index (Phi) is 8.09. The Morgan fingerprint density at radius 2 is 1.76 bits per heavy atom. The molecule has 4 rings (SSSR count). The van der Waals surface area contributed by atoms with Crippen molar-refractivity contribution in [3.8, 4) is 11.1 Å². The number of likely N-dealkylation sites (tertiary alicyclic amines) is 1. The van der Waals surface area contributed by atoms with Crippen LogP contribution in [0.2, 0.25) is 6.32 Å². The molecule has 1 aliphatic carbocycles. The zero-order valence-electron chi connectivity index (χ0n) is 19.9. The number of aryl methyl sites for hydroxylation is 1. The van der Waals surface area contributed by atoms with Crippen LogP contribution in [0.3, 0.4) is 0 Å². The second-order valence-corrected chi connectivity index (χ2v) is 10.1. The maximum atomic E-state index is 12.1. The summed E-state index contributed by atoms with van der Waals surface area (Å²) >= 11 is 0. The summed E-state index contributed by atoms with van der Waals surface area (Å²) in [5.41, 5.74) is 10.6. The predicted octanol–water partition coefficient (Wildman–Crippen LogP) is 3.87. The molecule has 0 saturated carbocycles. The van der Waals surface area contributed by atoms with Crippen molar-refractivity contribution in [3.05, 3.63) is 59.7 Å². The van der Waals surface area contributed by atoms with E-state index in [0.29, 0.717) is 25.3 Å². The summed E-state index contributed by atoms with van der Waals surface area (Å²) in [7, 11) is -1.35. The minimum atomic E-state index is -1.35. The van der Waals surface area contributed by atoms with Crippen molar-refractivity contribution >= 4 is 13.1 Å². The molecular formula is C27H37BN2O4. The van der Waals surface area contributed by atoms with Crippen LogP contribution in [-0.2, 0) is 11.2 Å². The fourth-order valence-electron chi connectivity index (χ4n) is 5.93. The summed E-state index contributed by atoms with van der Waals surface area (Å²) in [5.74, 6) is -1.00. The number of nitrogens with zero attached hydrogens (tertiary/aromatic N) is 1. The molecule has 1 heterocycles. The second-order valence-electron chi connectivity index (χ2n) is 10.1. The van der Waals surface area contributed by atoms with Gasteiger partial charge in [-0.25, -0.2) is 0 Å². The lowest BCUT2D eigenvalue weighted by atomic mass is 9.73. The van der Waals surface area contributed by atoms with Gasteiger partial charge < -0.3 is 20.9 Å². The highest BCUT2D eigenvalue weighted by atomic mass is 16.4. The van der Waals surface area contributed by atoms with E-state index in [9.17, 15) is 9.90 Å². The number of piperidine rings is 1. The molecule has 7 heteroatoms. The Morgan fingerprint density at radius 1 is 1.03 bits per heavy atom. The number of aliphatic carboxylic acids is 1. The van der Waals surface area contributed by atoms with Crippen LogP contribution in [0, 0.1) is 5.92 Å². The lowest BCUT2D eigenvalue weighted by molar-refractivity contribution is -0.147. The van der Waals surface area contributed by atoms with Crippen LogP contribution >= 0.6 is 0 Å². The molecule has 1 aliphatic heterocycles. The molecule has 1 unspecified atom stereocenters. The number of nitrogens with two attached hydrogens (primary N) is 1. The topological polar surface area (TPSA) is 107 Å². The number of hydrogen-bond donors (Lipinski definition) is 4.